The van der Waals surface area contributed by atoms with Crippen LogP contribution in [0.5, 0.6) is 23.0 Å². The quantitative estimate of drug-likeness (QED) is 0.552. The predicted octanol–water partition coefficient (Wildman–Crippen LogP) is 5.55. The summed E-state index contributed by atoms with van der Waals surface area (Å²) < 4.78 is 22.1. The summed E-state index contributed by atoms with van der Waals surface area (Å²) in [5, 5.41) is 2.89. The molecule has 0 unspecified atom stereocenters. The number of amides is 1. The first-order valence-electron chi connectivity index (χ1n) is 10.4. The largest absolute Gasteiger partial charge is 0.496 e. The van der Waals surface area contributed by atoms with Gasteiger partial charge in [0.25, 0.3) is 5.91 Å². The number of hydrogen-bond donors (Lipinski definition) is 1. The zero-order valence-electron chi connectivity index (χ0n) is 18.7. The summed E-state index contributed by atoms with van der Waals surface area (Å²) in [6.45, 7) is 6.99. The molecule has 0 aromatic heterocycles. The third-order valence-corrected chi connectivity index (χ3v) is 5.29. The average Bonchev–Trinajstić information content (AvgIpc) is 3.25. The Balaban J connectivity index is 1.46. The summed E-state index contributed by atoms with van der Waals surface area (Å²) >= 11 is 0. The highest BCUT2D eigenvalue weighted by Gasteiger charge is 2.16. The molecule has 0 saturated heterocycles. The van der Waals surface area contributed by atoms with Crippen molar-refractivity contribution in [3.8, 4) is 23.0 Å². The van der Waals surface area contributed by atoms with E-state index in [4.69, 9.17) is 18.9 Å². The summed E-state index contributed by atoms with van der Waals surface area (Å²) in [7, 11) is 1.60. The van der Waals surface area contributed by atoms with Crippen molar-refractivity contribution in [2.24, 2.45) is 0 Å². The summed E-state index contributed by atoms with van der Waals surface area (Å²) in [5.41, 5.74) is 3.24. The highest BCUT2D eigenvalue weighted by Crippen LogP contribution is 2.34. The van der Waals surface area contributed by atoms with E-state index < -0.39 is 0 Å². The van der Waals surface area contributed by atoms with Crippen LogP contribution in [0.15, 0.2) is 60.7 Å². The number of carbonyl (C=O) groups excluding carboxylic acids is 1. The molecule has 166 valence electrons. The van der Waals surface area contributed by atoms with E-state index in [1.54, 1.807) is 43.5 Å². The van der Waals surface area contributed by atoms with Crippen LogP contribution >= 0.6 is 0 Å². The van der Waals surface area contributed by atoms with Crippen LogP contribution < -0.4 is 24.3 Å². The monoisotopic (exact) mass is 433 g/mol. The Morgan fingerprint density at radius 3 is 2.44 bits per heavy atom. The van der Waals surface area contributed by atoms with Crippen LogP contribution in [0.4, 0.5) is 5.69 Å². The molecule has 3 aromatic rings. The van der Waals surface area contributed by atoms with Crippen molar-refractivity contribution in [3.63, 3.8) is 0 Å². The van der Waals surface area contributed by atoms with E-state index >= 15 is 0 Å². The summed E-state index contributed by atoms with van der Waals surface area (Å²) in [6, 6.07) is 18.6. The second-order valence-electron chi connectivity index (χ2n) is 8.61. The lowest BCUT2D eigenvalue weighted by Gasteiger charge is -2.19. The minimum absolute atomic E-state index is 0.0847. The van der Waals surface area contributed by atoms with Crippen molar-refractivity contribution in [3.05, 3.63) is 77.4 Å². The Labute approximate surface area is 188 Å². The highest BCUT2D eigenvalue weighted by atomic mass is 16.7. The average molecular weight is 434 g/mol. The molecule has 1 heterocycles. The van der Waals surface area contributed by atoms with Gasteiger partial charge in [0.2, 0.25) is 6.79 Å². The highest BCUT2D eigenvalue weighted by molar-refractivity contribution is 6.04. The number of ether oxygens (including phenoxy) is 4. The maximum atomic E-state index is 12.8. The van der Waals surface area contributed by atoms with E-state index in [2.05, 4.69) is 38.2 Å². The number of hydrogen-bond acceptors (Lipinski definition) is 5. The molecule has 1 N–H and O–H groups in total. The number of carbonyl (C=O) groups is 1. The van der Waals surface area contributed by atoms with Gasteiger partial charge in [-0.2, -0.15) is 0 Å². The van der Waals surface area contributed by atoms with Gasteiger partial charge < -0.3 is 24.3 Å². The first-order chi connectivity index (χ1) is 15.3. The number of anilines is 1. The van der Waals surface area contributed by atoms with Gasteiger partial charge in [-0.25, -0.2) is 0 Å². The summed E-state index contributed by atoms with van der Waals surface area (Å²) in [5.74, 6) is 2.47. The van der Waals surface area contributed by atoms with Crippen LogP contribution in [0.25, 0.3) is 0 Å². The number of nitrogens with one attached hydrogen (secondary N) is 1. The van der Waals surface area contributed by atoms with Crippen molar-refractivity contribution >= 4 is 11.6 Å². The van der Waals surface area contributed by atoms with Gasteiger partial charge in [-0.15, -0.1) is 0 Å². The first kappa shape index (κ1) is 21.6. The van der Waals surface area contributed by atoms with Crippen LogP contribution in [-0.2, 0) is 12.0 Å². The maximum absolute atomic E-state index is 12.8. The van der Waals surface area contributed by atoms with E-state index in [-0.39, 0.29) is 24.7 Å². The maximum Gasteiger partial charge on any atom is 0.255 e. The molecule has 4 rings (SSSR count). The van der Waals surface area contributed by atoms with Crippen LogP contribution in [0.1, 0.15) is 42.3 Å². The SMILES string of the molecule is COc1ccc(C(=O)Nc2ccc3c(c2)OCO3)cc1COc1ccc(C(C)(C)C)cc1. The molecule has 0 fully saturated rings. The minimum Gasteiger partial charge on any atom is -0.496 e. The fourth-order valence-electron chi connectivity index (χ4n) is 3.42. The van der Waals surface area contributed by atoms with Crippen molar-refractivity contribution in [1.82, 2.24) is 0 Å². The lowest BCUT2D eigenvalue weighted by atomic mass is 9.87. The molecule has 6 heteroatoms. The van der Waals surface area contributed by atoms with Gasteiger partial charge in [-0.05, 0) is 53.4 Å². The molecule has 1 aliphatic rings. The molecule has 0 radical (unpaired) electrons. The fourth-order valence-corrected chi connectivity index (χ4v) is 3.42. The van der Waals surface area contributed by atoms with Gasteiger partial charge in [-0.3, -0.25) is 4.79 Å². The standard InChI is InChI=1S/C26H27NO5/c1-26(2,3)19-6-9-21(10-7-19)30-15-18-13-17(5-11-22(18)29-4)25(28)27-20-8-12-23-24(14-20)32-16-31-23/h5-14H,15-16H2,1-4H3,(H,27,28). The molecule has 1 amide bonds. The Hall–Kier alpha value is -3.67. The van der Waals surface area contributed by atoms with Crippen molar-refractivity contribution in [2.75, 3.05) is 19.2 Å². The second kappa shape index (κ2) is 8.83. The smallest absolute Gasteiger partial charge is 0.255 e. The lowest BCUT2D eigenvalue weighted by Crippen LogP contribution is -2.13. The first-order valence-corrected chi connectivity index (χ1v) is 10.4. The van der Waals surface area contributed by atoms with E-state index in [0.29, 0.717) is 28.5 Å². The number of benzene rings is 3. The zero-order chi connectivity index (χ0) is 22.7. The predicted molar refractivity (Wildman–Crippen MR) is 123 cm³/mol. The number of fused-ring (bicyclic) bond motifs is 1. The van der Waals surface area contributed by atoms with Crippen molar-refractivity contribution < 1.29 is 23.7 Å². The number of rotatable bonds is 6. The molecule has 0 saturated carbocycles. The zero-order valence-corrected chi connectivity index (χ0v) is 18.7. The molecule has 32 heavy (non-hydrogen) atoms. The third kappa shape index (κ3) is 4.80. The molecule has 0 atom stereocenters. The van der Waals surface area contributed by atoms with Gasteiger partial charge in [-0.1, -0.05) is 32.9 Å². The molecular weight excluding hydrogens is 406 g/mol. The van der Waals surface area contributed by atoms with Crippen LogP contribution in [0.3, 0.4) is 0 Å². The number of methoxy groups -OCH3 is 1. The normalized spacial score (nSPS) is 12.4. The Morgan fingerprint density at radius 2 is 1.72 bits per heavy atom. The Bertz CT molecular complexity index is 1120. The van der Waals surface area contributed by atoms with Crippen LogP contribution in [0, 0.1) is 0 Å². The Kier molecular flexibility index (Phi) is 5.95. The van der Waals surface area contributed by atoms with E-state index in [1.165, 1.54) is 5.56 Å². The molecule has 1 aliphatic heterocycles. The minimum atomic E-state index is -0.234. The van der Waals surface area contributed by atoms with E-state index in [9.17, 15) is 4.79 Å². The van der Waals surface area contributed by atoms with Gasteiger partial charge in [0.05, 0.1) is 7.11 Å². The Morgan fingerprint density at radius 1 is 0.969 bits per heavy atom. The van der Waals surface area contributed by atoms with Crippen molar-refractivity contribution in [2.45, 2.75) is 32.8 Å². The molecule has 0 spiro atoms. The molecule has 0 aliphatic carbocycles. The molecule has 3 aromatic carbocycles. The molecule has 6 nitrogen and oxygen atoms in total. The second-order valence-corrected chi connectivity index (χ2v) is 8.61. The third-order valence-electron chi connectivity index (χ3n) is 5.29. The van der Waals surface area contributed by atoms with Gasteiger partial charge in [0, 0.05) is 22.9 Å². The lowest BCUT2D eigenvalue weighted by molar-refractivity contribution is 0.102. The topological polar surface area (TPSA) is 66.0 Å². The van der Waals surface area contributed by atoms with Gasteiger partial charge in [0.1, 0.15) is 18.1 Å². The van der Waals surface area contributed by atoms with Gasteiger partial charge >= 0.3 is 0 Å². The van der Waals surface area contributed by atoms with E-state index in [0.717, 1.165) is 11.3 Å². The van der Waals surface area contributed by atoms with Crippen LogP contribution in [0.2, 0.25) is 0 Å². The van der Waals surface area contributed by atoms with Crippen LogP contribution in [-0.4, -0.2) is 19.8 Å². The summed E-state index contributed by atoms with van der Waals surface area (Å²) in [6.07, 6.45) is 0. The van der Waals surface area contributed by atoms with E-state index in [1.807, 2.05) is 12.1 Å². The molecular formula is C26H27NO5. The van der Waals surface area contributed by atoms with Gasteiger partial charge in [0.15, 0.2) is 11.5 Å². The fraction of sp³-hybridized carbons (Fsp3) is 0.269. The summed E-state index contributed by atoms with van der Waals surface area (Å²) in [4.78, 5) is 12.8. The molecule has 0 bridgehead atoms. The van der Waals surface area contributed by atoms with Crippen molar-refractivity contribution in [1.29, 1.82) is 0 Å².